The fraction of sp³-hybridized carbons (Fsp3) is 0.167. The zero-order valence-electron chi connectivity index (χ0n) is 6.21. The molecule has 0 unspecified atom stereocenters. The lowest BCUT2D eigenvalue weighted by Gasteiger charge is -1.92. The lowest BCUT2D eigenvalue weighted by molar-refractivity contribution is 0.922. The summed E-state index contributed by atoms with van der Waals surface area (Å²) < 4.78 is 2.29. The van der Waals surface area contributed by atoms with Gasteiger partial charge in [-0.2, -0.15) is 0 Å². The fourth-order valence-electron chi connectivity index (χ4n) is 0.990. The van der Waals surface area contributed by atoms with Crippen molar-refractivity contribution < 1.29 is 0 Å². The third-order valence-electron chi connectivity index (χ3n) is 1.54. The average Bonchev–Trinajstić information content (AvgIpc) is 2.33. The van der Waals surface area contributed by atoms with Gasteiger partial charge in [0.25, 0.3) is 5.56 Å². The Hall–Kier alpha value is -0.920. The average molecular weight is 276 g/mol. The summed E-state index contributed by atoms with van der Waals surface area (Å²) in [6, 6.07) is 0. The van der Waals surface area contributed by atoms with E-state index in [0.717, 1.165) is 0 Å². The van der Waals surface area contributed by atoms with Crippen LogP contribution in [-0.4, -0.2) is 19.5 Å². The molecule has 6 heteroatoms. The summed E-state index contributed by atoms with van der Waals surface area (Å²) in [6.45, 7) is 0. The maximum Gasteiger partial charge on any atom is 0.279 e. The van der Waals surface area contributed by atoms with Crippen molar-refractivity contribution in [3.05, 3.63) is 20.5 Å². The Labute approximate surface area is 81.0 Å². The normalized spacial score (nSPS) is 10.8. The highest BCUT2D eigenvalue weighted by Crippen LogP contribution is 2.03. The highest BCUT2D eigenvalue weighted by Gasteiger charge is 2.05. The van der Waals surface area contributed by atoms with Crippen LogP contribution in [0.25, 0.3) is 11.2 Å². The van der Waals surface area contributed by atoms with Crippen LogP contribution >= 0.6 is 22.6 Å². The minimum Gasteiger partial charge on any atom is -0.318 e. The number of H-pyrrole nitrogens is 1. The maximum absolute atomic E-state index is 11.2. The van der Waals surface area contributed by atoms with Gasteiger partial charge in [0, 0.05) is 7.05 Å². The maximum atomic E-state index is 11.2. The van der Waals surface area contributed by atoms with Gasteiger partial charge >= 0.3 is 0 Å². The first-order chi connectivity index (χ1) is 5.68. The van der Waals surface area contributed by atoms with Crippen molar-refractivity contribution in [2.75, 3.05) is 0 Å². The molecule has 0 saturated heterocycles. The Bertz CT molecular complexity index is 486. The third kappa shape index (κ3) is 1.02. The molecule has 0 aromatic carbocycles. The number of rotatable bonds is 0. The third-order valence-corrected chi connectivity index (χ3v) is 2.05. The van der Waals surface area contributed by atoms with E-state index >= 15 is 0 Å². The first-order valence-corrected chi connectivity index (χ1v) is 4.33. The standard InChI is InChI=1S/C6H5IN4O/c1-11-2-8-3-4(11)9-6(7)10-5(3)12/h2H,1H3,(H,9,10,12). The van der Waals surface area contributed by atoms with E-state index < -0.39 is 0 Å². The van der Waals surface area contributed by atoms with E-state index in [1.54, 1.807) is 17.9 Å². The molecule has 0 atom stereocenters. The number of hydrogen-bond acceptors (Lipinski definition) is 3. The lowest BCUT2D eigenvalue weighted by atomic mass is 10.5. The predicted molar refractivity (Wildman–Crippen MR) is 51.8 cm³/mol. The van der Waals surface area contributed by atoms with Crippen molar-refractivity contribution in [1.82, 2.24) is 19.5 Å². The quantitative estimate of drug-likeness (QED) is 0.554. The van der Waals surface area contributed by atoms with Gasteiger partial charge < -0.3 is 4.57 Å². The molecular weight excluding hydrogens is 271 g/mol. The lowest BCUT2D eigenvalue weighted by Crippen LogP contribution is -2.10. The Morgan fingerprint density at radius 1 is 1.67 bits per heavy atom. The van der Waals surface area contributed by atoms with E-state index in [4.69, 9.17) is 0 Å². The van der Waals surface area contributed by atoms with Crippen LogP contribution in [0.3, 0.4) is 0 Å². The van der Waals surface area contributed by atoms with Gasteiger partial charge in [0.05, 0.1) is 6.33 Å². The fourth-order valence-corrected chi connectivity index (χ4v) is 1.46. The predicted octanol–water partition coefficient (Wildman–Crippen LogP) is 0.261. The molecule has 2 heterocycles. The van der Waals surface area contributed by atoms with Gasteiger partial charge in [0.15, 0.2) is 15.0 Å². The van der Waals surface area contributed by atoms with Gasteiger partial charge in [0.1, 0.15) is 0 Å². The molecule has 2 aromatic rings. The summed E-state index contributed by atoms with van der Waals surface area (Å²) >= 11 is 1.96. The molecule has 2 rings (SSSR count). The van der Waals surface area contributed by atoms with E-state index in [-0.39, 0.29) is 5.56 Å². The minimum atomic E-state index is -0.190. The van der Waals surface area contributed by atoms with Crippen LogP contribution < -0.4 is 5.56 Å². The molecule has 2 aromatic heterocycles. The highest BCUT2D eigenvalue weighted by molar-refractivity contribution is 14.1. The van der Waals surface area contributed by atoms with Crippen molar-refractivity contribution >= 4 is 33.8 Å². The summed E-state index contributed by atoms with van der Waals surface area (Å²) in [5, 5.41) is 0. The van der Waals surface area contributed by atoms with Crippen LogP contribution in [0, 0.1) is 3.83 Å². The molecule has 0 fully saturated rings. The summed E-state index contributed by atoms with van der Waals surface area (Å²) in [5.74, 6) is 0. The molecule has 0 aliphatic heterocycles. The minimum absolute atomic E-state index is 0.190. The van der Waals surface area contributed by atoms with Crippen LogP contribution in [0.15, 0.2) is 11.1 Å². The van der Waals surface area contributed by atoms with E-state index in [1.807, 2.05) is 22.6 Å². The molecule has 0 aliphatic carbocycles. The number of imidazole rings is 1. The second kappa shape index (κ2) is 2.54. The summed E-state index contributed by atoms with van der Waals surface area (Å²) in [5.41, 5.74) is 0.811. The number of aromatic nitrogens is 4. The number of nitrogens with one attached hydrogen (secondary N) is 1. The molecule has 0 aliphatic rings. The summed E-state index contributed by atoms with van der Waals surface area (Å²) in [6.07, 6.45) is 1.57. The molecule has 1 N–H and O–H groups in total. The number of aromatic amines is 1. The van der Waals surface area contributed by atoms with Gasteiger partial charge in [0.2, 0.25) is 0 Å². The number of nitrogens with zero attached hydrogens (tertiary/aromatic N) is 3. The first-order valence-electron chi connectivity index (χ1n) is 3.25. The zero-order valence-corrected chi connectivity index (χ0v) is 8.36. The van der Waals surface area contributed by atoms with Gasteiger partial charge in [-0.25, -0.2) is 9.97 Å². The smallest absolute Gasteiger partial charge is 0.279 e. The Morgan fingerprint density at radius 2 is 2.42 bits per heavy atom. The number of fused-ring (bicyclic) bond motifs is 1. The largest absolute Gasteiger partial charge is 0.318 e. The van der Waals surface area contributed by atoms with Crippen molar-refractivity contribution in [3.63, 3.8) is 0 Å². The number of halogens is 1. The monoisotopic (exact) mass is 276 g/mol. The van der Waals surface area contributed by atoms with Crippen LogP contribution in [-0.2, 0) is 7.05 Å². The molecule has 0 radical (unpaired) electrons. The van der Waals surface area contributed by atoms with Gasteiger partial charge in [-0.3, -0.25) is 9.78 Å². The van der Waals surface area contributed by atoms with Crippen LogP contribution in [0.4, 0.5) is 0 Å². The van der Waals surface area contributed by atoms with Crippen LogP contribution in [0.1, 0.15) is 0 Å². The SMILES string of the molecule is Cn1cnc2c(=O)[nH]c(I)nc21. The summed E-state index contributed by atoms with van der Waals surface area (Å²) in [4.78, 5) is 21.8. The van der Waals surface area contributed by atoms with Gasteiger partial charge in [-0.1, -0.05) is 0 Å². The van der Waals surface area contributed by atoms with Crippen LogP contribution in [0.2, 0.25) is 0 Å². The zero-order chi connectivity index (χ0) is 8.72. The molecule has 0 amide bonds. The van der Waals surface area contributed by atoms with E-state index in [9.17, 15) is 4.79 Å². The Balaban J connectivity index is 3.03. The molecule has 0 bridgehead atoms. The van der Waals surface area contributed by atoms with Gasteiger partial charge in [-0.15, -0.1) is 0 Å². The van der Waals surface area contributed by atoms with Gasteiger partial charge in [-0.05, 0) is 22.6 Å². The second-order valence-corrected chi connectivity index (χ2v) is 3.41. The first kappa shape index (κ1) is 7.71. The highest BCUT2D eigenvalue weighted by atomic mass is 127. The van der Waals surface area contributed by atoms with Crippen molar-refractivity contribution in [2.45, 2.75) is 0 Å². The Kier molecular flexibility index (Phi) is 1.63. The molecule has 62 valence electrons. The van der Waals surface area contributed by atoms with Crippen molar-refractivity contribution in [1.29, 1.82) is 0 Å². The number of aryl methyl sites for hydroxylation is 1. The van der Waals surface area contributed by atoms with E-state index in [1.165, 1.54) is 0 Å². The van der Waals surface area contributed by atoms with Crippen LogP contribution in [0.5, 0.6) is 0 Å². The van der Waals surface area contributed by atoms with Crippen molar-refractivity contribution in [2.24, 2.45) is 7.05 Å². The van der Waals surface area contributed by atoms with E-state index in [0.29, 0.717) is 15.0 Å². The Morgan fingerprint density at radius 3 is 3.17 bits per heavy atom. The topological polar surface area (TPSA) is 63.6 Å². The molecule has 5 nitrogen and oxygen atoms in total. The number of hydrogen-bond donors (Lipinski definition) is 1. The summed E-state index contributed by atoms with van der Waals surface area (Å²) in [7, 11) is 1.80. The molecule has 0 spiro atoms. The second-order valence-electron chi connectivity index (χ2n) is 2.38. The molecule has 0 saturated carbocycles. The molecular formula is C6H5IN4O. The van der Waals surface area contributed by atoms with E-state index in [2.05, 4.69) is 15.0 Å². The van der Waals surface area contributed by atoms with Crippen molar-refractivity contribution in [3.8, 4) is 0 Å². The molecule has 12 heavy (non-hydrogen) atoms.